The fraction of sp³-hybridized carbons (Fsp3) is 0.235. The van der Waals surface area contributed by atoms with E-state index in [-0.39, 0.29) is 16.8 Å². The number of carbonyl (C=O) groups is 1. The van der Waals surface area contributed by atoms with Crippen molar-refractivity contribution in [2.45, 2.75) is 24.3 Å². The van der Waals surface area contributed by atoms with Crippen molar-refractivity contribution in [3.8, 4) is 0 Å². The van der Waals surface area contributed by atoms with Crippen LogP contribution in [0, 0.1) is 0 Å². The number of rotatable bonds is 3. The number of hydrogen-bond donors (Lipinski definition) is 1. The third-order valence-corrected chi connectivity index (χ3v) is 5.50. The van der Waals surface area contributed by atoms with Gasteiger partial charge in [0.2, 0.25) is 10.0 Å². The molecule has 0 radical (unpaired) electrons. The van der Waals surface area contributed by atoms with Gasteiger partial charge in [-0.15, -0.1) is 0 Å². The van der Waals surface area contributed by atoms with E-state index < -0.39 is 10.0 Å². The van der Waals surface area contributed by atoms with E-state index in [0.29, 0.717) is 5.56 Å². The van der Waals surface area contributed by atoms with Crippen LogP contribution in [0.2, 0.25) is 0 Å². The molecule has 1 aliphatic heterocycles. The third-order valence-electron chi connectivity index (χ3n) is 4.09. The standard InChI is InChI=1S/C17H18N2O3S/c1-12-10-13-6-3-4-9-16(13)19(12)17(20)14-7-5-8-15(11-14)23(21,22)18-2/h3-9,11-12,18H,10H2,1-2H3. The summed E-state index contributed by atoms with van der Waals surface area (Å²) in [6.45, 7) is 1.99. The van der Waals surface area contributed by atoms with Gasteiger partial charge >= 0.3 is 0 Å². The molecule has 2 aromatic rings. The van der Waals surface area contributed by atoms with Crippen molar-refractivity contribution < 1.29 is 13.2 Å². The monoisotopic (exact) mass is 330 g/mol. The zero-order valence-corrected chi connectivity index (χ0v) is 13.8. The highest BCUT2D eigenvalue weighted by Gasteiger charge is 2.31. The number of nitrogens with zero attached hydrogens (tertiary/aromatic N) is 1. The topological polar surface area (TPSA) is 66.5 Å². The minimum atomic E-state index is -3.57. The van der Waals surface area contributed by atoms with Crippen LogP contribution in [-0.4, -0.2) is 27.4 Å². The molecule has 1 unspecified atom stereocenters. The van der Waals surface area contributed by atoms with Crippen LogP contribution in [0.4, 0.5) is 5.69 Å². The van der Waals surface area contributed by atoms with Crippen molar-refractivity contribution in [1.82, 2.24) is 4.72 Å². The summed E-state index contributed by atoms with van der Waals surface area (Å²) >= 11 is 0. The molecule has 1 heterocycles. The highest BCUT2D eigenvalue weighted by atomic mass is 32.2. The van der Waals surface area contributed by atoms with Gasteiger partial charge in [-0.05, 0) is 50.2 Å². The predicted molar refractivity (Wildman–Crippen MR) is 89.1 cm³/mol. The minimum absolute atomic E-state index is 0.0458. The summed E-state index contributed by atoms with van der Waals surface area (Å²) in [7, 11) is -2.22. The normalized spacial score (nSPS) is 17.1. The lowest BCUT2D eigenvalue weighted by molar-refractivity contribution is 0.0981. The summed E-state index contributed by atoms with van der Waals surface area (Å²) < 4.78 is 26.1. The molecular formula is C17H18N2O3S. The Morgan fingerprint density at radius 3 is 2.65 bits per heavy atom. The second-order valence-electron chi connectivity index (χ2n) is 5.59. The van der Waals surface area contributed by atoms with E-state index in [1.54, 1.807) is 17.0 Å². The van der Waals surface area contributed by atoms with Crippen LogP contribution in [0.25, 0.3) is 0 Å². The molecule has 1 N–H and O–H groups in total. The first-order valence-electron chi connectivity index (χ1n) is 7.39. The van der Waals surface area contributed by atoms with Crippen molar-refractivity contribution in [1.29, 1.82) is 0 Å². The SMILES string of the molecule is CNS(=O)(=O)c1cccc(C(=O)N2c3ccccc3CC2C)c1. The highest BCUT2D eigenvalue weighted by Crippen LogP contribution is 2.33. The van der Waals surface area contributed by atoms with E-state index >= 15 is 0 Å². The lowest BCUT2D eigenvalue weighted by Gasteiger charge is -2.23. The number of hydrogen-bond acceptors (Lipinski definition) is 3. The van der Waals surface area contributed by atoms with Gasteiger partial charge in [-0.25, -0.2) is 13.1 Å². The summed E-state index contributed by atoms with van der Waals surface area (Å²) in [6.07, 6.45) is 0.802. The first-order chi connectivity index (χ1) is 10.9. The summed E-state index contributed by atoms with van der Waals surface area (Å²) in [5, 5.41) is 0. The molecule has 0 fully saturated rings. The molecule has 0 aromatic heterocycles. The Morgan fingerprint density at radius 2 is 1.91 bits per heavy atom. The molecule has 3 rings (SSSR count). The van der Waals surface area contributed by atoms with Crippen LogP contribution in [-0.2, 0) is 16.4 Å². The molecule has 0 saturated carbocycles. The van der Waals surface area contributed by atoms with Crippen LogP contribution in [0.15, 0.2) is 53.4 Å². The molecule has 23 heavy (non-hydrogen) atoms. The Hall–Kier alpha value is -2.18. The van der Waals surface area contributed by atoms with Crippen LogP contribution < -0.4 is 9.62 Å². The van der Waals surface area contributed by atoms with Gasteiger partial charge in [0.1, 0.15) is 0 Å². The predicted octanol–water partition coefficient (Wildman–Crippen LogP) is 2.19. The van der Waals surface area contributed by atoms with Crippen molar-refractivity contribution in [2.24, 2.45) is 0 Å². The molecule has 2 aromatic carbocycles. The van der Waals surface area contributed by atoms with Crippen LogP contribution in [0.1, 0.15) is 22.8 Å². The molecule has 0 aliphatic carbocycles. The zero-order chi connectivity index (χ0) is 16.6. The van der Waals surface area contributed by atoms with Crippen LogP contribution in [0.5, 0.6) is 0 Å². The van der Waals surface area contributed by atoms with E-state index in [9.17, 15) is 13.2 Å². The Morgan fingerprint density at radius 1 is 1.17 bits per heavy atom. The summed E-state index contributed by atoms with van der Waals surface area (Å²) in [4.78, 5) is 14.7. The number of nitrogens with one attached hydrogen (secondary N) is 1. The molecule has 1 amide bonds. The maximum absolute atomic E-state index is 12.9. The molecule has 1 aliphatic rings. The summed E-state index contributed by atoms with van der Waals surface area (Å²) in [5.41, 5.74) is 2.39. The van der Waals surface area contributed by atoms with Gasteiger partial charge in [-0.3, -0.25) is 4.79 Å². The van der Waals surface area contributed by atoms with Crippen LogP contribution in [0.3, 0.4) is 0 Å². The number of amides is 1. The molecule has 0 spiro atoms. The number of anilines is 1. The van der Waals surface area contributed by atoms with Crippen molar-refractivity contribution in [3.63, 3.8) is 0 Å². The van der Waals surface area contributed by atoms with E-state index in [1.807, 2.05) is 31.2 Å². The number of benzene rings is 2. The van der Waals surface area contributed by atoms with E-state index in [2.05, 4.69) is 4.72 Å². The molecule has 120 valence electrons. The first kappa shape index (κ1) is 15.7. The fourth-order valence-electron chi connectivity index (χ4n) is 2.93. The molecular weight excluding hydrogens is 312 g/mol. The highest BCUT2D eigenvalue weighted by molar-refractivity contribution is 7.89. The molecule has 0 saturated heterocycles. The third kappa shape index (κ3) is 2.75. The molecule has 1 atom stereocenters. The maximum atomic E-state index is 12.9. The number of fused-ring (bicyclic) bond motifs is 1. The van der Waals surface area contributed by atoms with E-state index in [1.165, 1.54) is 19.2 Å². The van der Waals surface area contributed by atoms with Gasteiger partial charge in [-0.1, -0.05) is 24.3 Å². The molecule has 0 bridgehead atoms. The van der Waals surface area contributed by atoms with Gasteiger partial charge in [0.25, 0.3) is 5.91 Å². The summed E-state index contributed by atoms with van der Waals surface area (Å²) in [5.74, 6) is -0.185. The van der Waals surface area contributed by atoms with E-state index in [0.717, 1.165) is 17.7 Å². The Kier molecular flexibility index (Phi) is 3.95. The number of sulfonamides is 1. The summed E-state index contributed by atoms with van der Waals surface area (Å²) in [6, 6.07) is 14.0. The number of carbonyl (C=O) groups excluding carboxylic acids is 1. The Bertz CT molecular complexity index is 862. The second kappa shape index (κ2) is 5.79. The zero-order valence-electron chi connectivity index (χ0n) is 13.0. The van der Waals surface area contributed by atoms with Gasteiger partial charge < -0.3 is 4.90 Å². The van der Waals surface area contributed by atoms with Gasteiger partial charge in [0.05, 0.1) is 4.90 Å². The van der Waals surface area contributed by atoms with Crippen LogP contribution >= 0.6 is 0 Å². The van der Waals surface area contributed by atoms with Gasteiger partial charge in [0.15, 0.2) is 0 Å². The fourth-order valence-corrected chi connectivity index (χ4v) is 3.70. The van der Waals surface area contributed by atoms with E-state index in [4.69, 9.17) is 0 Å². The number of para-hydroxylation sites is 1. The second-order valence-corrected chi connectivity index (χ2v) is 7.48. The quantitative estimate of drug-likeness (QED) is 0.938. The lowest BCUT2D eigenvalue weighted by atomic mass is 10.1. The average Bonchev–Trinajstić information content (AvgIpc) is 2.90. The van der Waals surface area contributed by atoms with Gasteiger partial charge in [-0.2, -0.15) is 0 Å². The van der Waals surface area contributed by atoms with Crippen molar-refractivity contribution in [2.75, 3.05) is 11.9 Å². The van der Waals surface area contributed by atoms with Crippen molar-refractivity contribution in [3.05, 3.63) is 59.7 Å². The largest absolute Gasteiger partial charge is 0.305 e. The minimum Gasteiger partial charge on any atom is -0.305 e. The average molecular weight is 330 g/mol. The van der Waals surface area contributed by atoms with Gasteiger partial charge in [0, 0.05) is 17.3 Å². The lowest BCUT2D eigenvalue weighted by Crippen LogP contribution is -2.35. The Labute approximate surface area is 136 Å². The Balaban J connectivity index is 2.00. The smallest absolute Gasteiger partial charge is 0.258 e. The first-order valence-corrected chi connectivity index (χ1v) is 8.87. The molecule has 6 heteroatoms. The molecule has 5 nitrogen and oxygen atoms in total. The van der Waals surface area contributed by atoms with Crippen molar-refractivity contribution >= 4 is 21.6 Å². The maximum Gasteiger partial charge on any atom is 0.258 e.